The topological polar surface area (TPSA) is 40.5 Å². The number of benzene rings is 1. The van der Waals surface area contributed by atoms with Gasteiger partial charge in [0, 0.05) is 10.6 Å². The van der Waals surface area contributed by atoms with Gasteiger partial charge in [0.2, 0.25) is 0 Å². The summed E-state index contributed by atoms with van der Waals surface area (Å²) < 4.78 is 0. The maximum atomic E-state index is 9.70. The minimum absolute atomic E-state index is 0.468. The van der Waals surface area contributed by atoms with Gasteiger partial charge in [-0.1, -0.05) is 41.6 Å². The molecule has 0 amide bonds. The van der Waals surface area contributed by atoms with Crippen LogP contribution < -0.4 is 0 Å². The molecule has 1 unspecified atom stereocenters. The highest BCUT2D eigenvalue weighted by Gasteiger charge is 2.10. The maximum Gasteiger partial charge on any atom is 0.141 e. The molecule has 1 rings (SSSR count). The first-order chi connectivity index (χ1) is 6.90. The van der Waals surface area contributed by atoms with Crippen LogP contribution in [0.1, 0.15) is 25.5 Å². The zero-order valence-electron chi connectivity index (χ0n) is 8.66. The third kappa shape index (κ3) is 3.93. The second-order valence-corrected chi connectivity index (χ2v) is 4.16. The van der Waals surface area contributed by atoms with Gasteiger partial charge in [0.25, 0.3) is 0 Å². The second-order valence-electron chi connectivity index (χ2n) is 3.75. The average Bonchev–Trinajstić information content (AvgIpc) is 2.14. The number of aliphatic hydroxyl groups is 2. The molecule has 2 nitrogen and oxygen atoms in total. The normalized spacial score (nSPS) is 12.9. The quantitative estimate of drug-likeness (QED) is 0.718. The number of hydrogen-bond donors (Lipinski definition) is 2. The van der Waals surface area contributed by atoms with Crippen LogP contribution in [0.3, 0.4) is 0 Å². The van der Waals surface area contributed by atoms with E-state index in [1.54, 1.807) is 38.1 Å². The fourth-order valence-electron chi connectivity index (χ4n) is 1.02. The van der Waals surface area contributed by atoms with E-state index in [1.165, 1.54) is 0 Å². The number of halogens is 1. The van der Waals surface area contributed by atoms with Crippen LogP contribution in [-0.2, 0) is 0 Å². The standard InChI is InChI=1S/C12H13ClO2/c1-12(2,15)8-7-11(14)9-5-3-4-6-10(9)13/h3-6,11,14-15H,1-2H3. The highest BCUT2D eigenvalue weighted by molar-refractivity contribution is 6.31. The molecule has 0 saturated carbocycles. The van der Waals surface area contributed by atoms with Crippen molar-refractivity contribution in [2.45, 2.75) is 25.6 Å². The summed E-state index contributed by atoms with van der Waals surface area (Å²) in [6, 6.07) is 6.94. The molecule has 1 aromatic rings. The summed E-state index contributed by atoms with van der Waals surface area (Å²) in [6.45, 7) is 3.11. The van der Waals surface area contributed by atoms with Crippen molar-refractivity contribution in [3.05, 3.63) is 34.9 Å². The van der Waals surface area contributed by atoms with Crippen molar-refractivity contribution in [2.75, 3.05) is 0 Å². The van der Waals surface area contributed by atoms with Crippen LogP contribution in [-0.4, -0.2) is 15.8 Å². The van der Waals surface area contributed by atoms with Crippen LogP contribution in [0.2, 0.25) is 5.02 Å². The van der Waals surface area contributed by atoms with E-state index in [4.69, 9.17) is 11.6 Å². The molecule has 1 atom stereocenters. The molecule has 0 spiro atoms. The van der Waals surface area contributed by atoms with Gasteiger partial charge in [0.15, 0.2) is 0 Å². The third-order valence-corrected chi connectivity index (χ3v) is 2.06. The lowest BCUT2D eigenvalue weighted by Gasteiger charge is -2.09. The van der Waals surface area contributed by atoms with E-state index in [0.29, 0.717) is 10.6 Å². The molecule has 0 bridgehead atoms. The molecule has 0 fully saturated rings. The zero-order chi connectivity index (χ0) is 11.5. The fourth-order valence-corrected chi connectivity index (χ4v) is 1.26. The smallest absolute Gasteiger partial charge is 0.141 e. The fraction of sp³-hybridized carbons (Fsp3) is 0.333. The summed E-state index contributed by atoms with van der Waals surface area (Å²) in [4.78, 5) is 0. The third-order valence-electron chi connectivity index (χ3n) is 1.71. The van der Waals surface area contributed by atoms with Crippen LogP contribution in [0, 0.1) is 11.8 Å². The molecule has 0 aliphatic heterocycles. The first-order valence-electron chi connectivity index (χ1n) is 4.58. The predicted molar refractivity (Wildman–Crippen MR) is 60.5 cm³/mol. The number of aliphatic hydroxyl groups excluding tert-OH is 1. The van der Waals surface area contributed by atoms with Crippen molar-refractivity contribution >= 4 is 11.6 Å². The minimum Gasteiger partial charge on any atom is -0.378 e. The van der Waals surface area contributed by atoms with Gasteiger partial charge in [-0.15, -0.1) is 0 Å². The lowest BCUT2D eigenvalue weighted by atomic mass is 10.1. The lowest BCUT2D eigenvalue weighted by molar-refractivity contribution is 0.142. The molecule has 15 heavy (non-hydrogen) atoms. The van der Waals surface area contributed by atoms with Crippen LogP contribution in [0.4, 0.5) is 0 Å². The number of hydrogen-bond acceptors (Lipinski definition) is 2. The molecule has 0 saturated heterocycles. The largest absolute Gasteiger partial charge is 0.378 e. The summed E-state index contributed by atoms with van der Waals surface area (Å²) in [7, 11) is 0. The Morgan fingerprint density at radius 2 is 1.93 bits per heavy atom. The van der Waals surface area contributed by atoms with E-state index < -0.39 is 11.7 Å². The molecule has 1 aromatic carbocycles. The molecule has 3 heteroatoms. The van der Waals surface area contributed by atoms with E-state index in [0.717, 1.165) is 0 Å². The Balaban J connectivity index is 2.90. The Morgan fingerprint density at radius 3 is 2.47 bits per heavy atom. The summed E-state index contributed by atoms with van der Waals surface area (Å²) in [5.41, 5.74) is -0.557. The second kappa shape index (κ2) is 4.67. The van der Waals surface area contributed by atoms with Crippen molar-refractivity contribution in [2.24, 2.45) is 0 Å². The predicted octanol–water partition coefficient (Wildman–Crippen LogP) is 2.15. The Labute approximate surface area is 94.5 Å². The van der Waals surface area contributed by atoms with Crippen LogP contribution in [0.25, 0.3) is 0 Å². The number of rotatable bonds is 1. The molecule has 80 valence electrons. The monoisotopic (exact) mass is 224 g/mol. The van der Waals surface area contributed by atoms with Crippen LogP contribution in [0.15, 0.2) is 24.3 Å². The van der Waals surface area contributed by atoms with Crippen molar-refractivity contribution in [3.8, 4) is 11.8 Å². The molecule has 0 heterocycles. The first kappa shape index (κ1) is 12.1. The minimum atomic E-state index is -1.11. The molecular formula is C12H13ClO2. The van der Waals surface area contributed by atoms with Crippen molar-refractivity contribution in [1.29, 1.82) is 0 Å². The van der Waals surface area contributed by atoms with Gasteiger partial charge in [0.1, 0.15) is 11.7 Å². The van der Waals surface area contributed by atoms with Gasteiger partial charge < -0.3 is 10.2 Å². The SMILES string of the molecule is CC(C)(O)C#CC(O)c1ccccc1Cl. The summed E-state index contributed by atoms with van der Waals surface area (Å²) in [6.07, 6.45) is -0.967. The Kier molecular flexibility index (Phi) is 3.76. The molecule has 0 aromatic heterocycles. The van der Waals surface area contributed by atoms with Gasteiger partial charge >= 0.3 is 0 Å². The molecule has 2 N–H and O–H groups in total. The van der Waals surface area contributed by atoms with Crippen LogP contribution >= 0.6 is 11.6 Å². The van der Waals surface area contributed by atoms with E-state index >= 15 is 0 Å². The van der Waals surface area contributed by atoms with E-state index in [9.17, 15) is 10.2 Å². The Bertz CT molecular complexity index is 396. The summed E-state index contributed by atoms with van der Waals surface area (Å²) >= 11 is 5.88. The van der Waals surface area contributed by atoms with Crippen LogP contribution in [0.5, 0.6) is 0 Å². The molecule has 0 radical (unpaired) electrons. The maximum absolute atomic E-state index is 9.70. The van der Waals surface area contributed by atoms with Gasteiger partial charge in [-0.25, -0.2) is 0 Å². The zero-order valence-corrected chi connectivity index (χ0v) is 9.42. The highest BCUT2D eigenvalue weighted by atomic mass is 35.5. The van der Waals surface area contributed by atoms with Gasteiger partial charge in [-0.05, 0) is 19.9 Å². The van der Waals surface area contributed by atoms with E-state index in [1.807, 2.05) is 0 Å². The molecule has 0 aliphatic rings. The summed E-state index contributed by atoms with van der Waals surface area (Å²) in [5, 5.41) is 19.5. The first-order valence-corrected chi connectivity index (χ1v) is 4.95. The summed E-state index contributed by atoms with van der Waals surface area (Å²) in [5.74, 6) is 5.10. The van der Waals surface area contributed by atoms with Gasteiger partial charge in [0.05, 0.1) is 0 Å². The van der Waals surface area contributed by atoms with E-state index in [-0.39, 0.29) is 0 Å². The highest BCUT2D eigenvalue weighted by Crippen LogP contribution is 2.21. The average molecular weight is 225 g/mol. The van der Waals surface area contributed by atoms with Gasteiger partial charge in [-0.3, -0.25) is 0 Å². The Hall–Kier alpha value is -1.01. The Morgan fingerprint density at radius 1 is 1.33 bits per heavy atom. The molecular weight excluding hydrogens is 212 g/mol. The van der Waals surface area contributed by atoms with Crippen molar-refractivity contribution in [3.63, 3.8) is 0 Å². The lowest BCUT2D eigenvalue weighted by Crippen LogP contribution is -2.15. The van der Waals surface area contributed by atoms with Crippen molar-refractivity contribution in [1.82, 2.24) is 0 Å². The van der Waals surface area contributed by atoms with E-state index in [2.05, 4.69) is 11.8 Å². The van der Waals surface area contributed by atoms with Gasteiger partial charge in [-0.2, -0.15) is 0 Å². The molecule has 0 aliphatic carbocycles. The van der Waals surface area contributed by atoms with Crippen molar-refractivity contribution < 1.29 is 10.2 Å².